The number of ether oxygens (including phenoxy) is 1. The molecule has 1 aliphatic rings. The molecule has 9 nitrogen and oxygen atoms in total. The smallest absolute Gasteiger partial charge is 0.247 e. The fourth-order valence-corrected chi connectivity index (χ4v) is 4.39. The number of anilines is 1. The monoisotopic (exact) mass is 431 g/mol. The average Bonchev–Trinajstić information content (AvgIpc) is 3.27. The molecule has 3 aromatic heterocycles. The van der Waals surface area contributed by atoms with Crippen molar-refractivity contribution >= 4 is 33.9 Å². The van der Waals surface area contributed by atoms with Crippen LogP contribution in [0.3, 0.4) is 0 Å². The Hall–Kier alpha value is -3.75. The van der Waals surface area contributed by atoms with Crippen LogP contribution in [0.15, 0.2) is 36.8 Å². The predicted molar refractivity (Wildman–Crippen MR) is 122 cm³/mol. The third-order valence-corrected chi connectivity index (χ3v) is 5.98. The van der Waals surface area contributed by atoms with Crippen LogP contribution in [0.1, 0.15) is 38.5 Å². The Kier molecular flexibility index (Phi) is 5.53. The van der Waals surface area contributed by atoms with Gasteiger partial charge < -0.3 is 9.72 Å². The summed E-state index contributed by atoms with van der Waals surface area (Å²) in [6.45, 7) is 0. The molecule has 1 aromatic carbocycles. The molecule has 1 fully saturated rings. The van der Waals surface area contributed by atoms with E-state index in [1.165, 1.54) is 19.3 Å². The van der Waals surface area contributed by atoms with Crippen molar-refractivity contribution in [3.63, 3.8) is 0 Å². The van der Waals surface area contributed by atoms with E-state index in [9.17, 15) is 4.79 Å². The summed E-state index contributed by atoms with van der Waals surface area (Å²) in [6, 6.07) is 5.89. The van der Waals surface area contributed by atoms with Crippen molar-refractivity contribution in [1.82, 2.24) is 30.3 Å². The van der Waals surface area contributed by atoms with Gasteiger partial charge in [-0.1, -0.05) is 25.3 Å². The number of hydrogen-bond donors (Lipinski definition) is 3. The number of hydrogen-bond acceptors (Lipinski definition) is 7. The summed E-state index contributed by atoms with van der Waals surface area (Å²) in [5.41, 5.74) is 9.65. The van der Waals surface area contributed by atoms with E-state index in [-0.39, 0.29) is 11.9 Å². The summed E-state index contributed by atoms with van der Waals surface area (Å²) < 4.78 is 5.55. The summed E-state index contributed by atoms with van der Waals surface area (Å²) in [5.74, 6) is 1.09. The van der Waals surface area contributed by atoms with Gasteiger partial charge in [-0.3, -0.25) is 25.6 Å². The molecular weight excluding hydrogens is 406 g/mol. The number of methoxy groups -OCH3 is 1. The number of fused-ring (bicyclic) bond motifs is 2. The summed E-state index contributed by atoms with van der Waals surface area (Å²) >= 11 is 0. The van der Waals surface area contributed by atoms with E-state index in [1.54, 1.807) is 19.5 Å². The molecule has 1 aliphatic carbocycles. The molecule has 0 bridgehead atoms. The number of rotatable bonds is 6. The first-order valence-electron chi connectivity index (χ1n) is 10.9. The van der Waals surface area contributed by atoms with E-state index in [2.05, 4.69) is 35.8 Å². The van der Waals surface area contributed by atoms with Crippen molar-refractivity contribution in [3.8, 4) is 17.0 Å². The van der Waals surface area contributed by atoms with Crippen LogP contribution in [-0.4, -0.2) is 37.9 Å². The quantitative estimate of drug-likeness (QED) is 0.395. The lowest BCUT2D eigenvalue weighted by Gasteiger charge is -2.20. The predicted octanol–water partition coefficient (Wildman–Crippen LogP) is 3.99. The number of nitrogens with zero attached hydrogens (tertiary/aromatic N) is 4. The lowest BCUT2D eigenvalue weighted by atomic mass is 9.87. The van der Waals surface area contributed by atoms with E-state index in [1.807, 2.05) is 24.4 Å². The number of benzene rings is 1. The molecule has 1 saturated carbocycles. The number of nitrogens with one attached hydrogen (secondary N) is 3. The Labute approximate surface area is 185 Å². The van der Waals surface area contributed by atoms with Crippen molar-refractivity contribution < 1.29 is 9.53 Å². The van der Waals surface area contributed by atoms with Crippen LogP contribution in [0.5, 0.6) is 5.88 Å². The SMILES string of the molecule is COc1nc(NNC(=O)CC2CCCCC2)nc2[nH]cc(-c3ccc4nccnc4c3)c12. The lowest BCUT2D eigenvalue weighted by Crippen LogP contribution is -2.32. The summed E-state index contributed by atoms with van der Waals surface area (Å²) in [6.07, 6.45) is 11.7. The molecule has 32 heavy (non-hydrogen) atoms. The van der Waals surface area contributed by atoms with Gasteiger partial charge >= 0.3 is 0 Å². The summed E-state index contributed by atoms with van der Waals surface area (Å²) in [5, 5.41) is 0.759. The van der Waals surface area contributed by atoms with Gasteiger partial charge in [0.1, 0.15) is 5.65 Å². The van der Waals surface area contributed by atoms with Gasteiger partial charge in [-0.05, 0) is 36.5 Å². The molecule has 5 rings (SSSR count). The number of carbonyl (C=O) groups is 1. The van der Waals surface area contributed by atoms with Crippen molar-refractivity contribution in [3.05, 3.63) is 36.8 Å². The third-order valence-electron chi connectivity index (χ3n) is 5.98. The molecule has 1 amide bonds. The molecule has 3 N–H and O–H groups in total. The zero-order valence-electron chi connectivity index (χ0n) is 17.9. The maximum absolute atomic E-state index is 12.3. The second kappa shape index (κ2) is 8.78. The fraction of sp³-hybridized carbons (Fsp3) is 0.348. The molecule has 0 saturated heterocycles. The molecule has 0 atom stereocenters. The molecule has 4 aromatic rings. The molecule has 0 aliphatic heterocycles. The van der Waals surface area contributed by atoms with Crippen LogP contribution in [0.25, 0.3) is 33.2 Å². The van der Waals surface area contributed by atoms with E-state index >= 15 is 0 Å². The first-order chi connectivity index (χ1) is 15.7. The lowest BCUT2D eigenvalue weighted by molar-refractivity contribution is -0.121. The van der Waals surface area contributed by atoms with E-state index < -0.39 is 0 Å². The number of carbonyl (C=O) groups excluding carboxylic acids is 1. The van der Waals surface area contributed by atoms with Gasteiger partial charge in [0.05, 0.1) is 23.5 Å². The Morgan fingerprint density at radius 1 is 1.12 bits per heavy atom. The van der Waals surface area contributed by atoms with Gasteiger partial charge in [-0.25, -0.2) is 0 Å². The number of aromatic amines is 1. The molecule has 0 radical (unpaired) electrons. The highest BCUT2D eigenvalue weighted by Crippen LogP contribution is 2.35. The summed E-state index contributed by atoms with van der Waals surface area (Å²) in [4.78, 5) is 33.2. The number of aromatic nitrogens is 5. The topological polar surface area (TPSA) is 118 Å². The Morgan fingerprint density at radius 3 is 2.75 bits per heavy atom. The van der Waals surface area contributed by atoms with Crippen molar-refractivity contribution in [1.29, 1.82) is 0 Å². The van der Waals surface area contributed by atoms with E-state index in [4.69, 9.17) is 4.74 Å². The van der Waals surface area contributed by atoms with Crippen LogP contribution in [-0.2, 0) is 4.79 Å². The highest BCUT2D eigenvalue weighted by Gasteiger charge is 2.19. The fourth-order valence-electron chi connectivity index (χ4n) is 4.39. The van der Waals surface area contributed by atoms with Crippen molar-refractivity contribution in [2.75, 3.05) is 12.5 Å². The third kappa shape index (κ3) is 4.05. The molecule has 9 heteroatoms. The van der Waals surface area contributed by atoms with E-state index in [0.717, 1.165) is 40.4 Å². The second-order valence-corrected chi connectivity index (χ2v) is 8.12. The number of hydrazine groups is 1. The van der Waals surface area contributed by atoms with Crippen LogP contribution in [0.2, 0.25) is 0 Å². The van der Waals surface area contributed by atoms with Crippen molar-refractivity contribution in [2.24, 2.45) is 5.92 Å². The molecule has 164 valence electrons. The minimum absolute atomic E-state index is 0.0518. The first kappa shape index (κ1) is 20.2. The molecule has 3 heterocycles. The van der Waals surface area contributed by atoms with Crippen LogP contribution < -0.4 is 15.6 Å². The van der Waals surface area contributed by atoms with Gasteiger partial charge in [-0.2, -0.15) is 9.97 Å². The largest absolute Gasteiger partial charge is 0.480 e. The van der Waals surface area contributed by atoms with E-state index in [0.29, 0.717) is 23.9 Å². The first-order valence-corrected chi connectivity index (χ1v) is 10.9. The highest BCUT2D eigenvalue weighted by molar-refractivity contribution is 5.99. The normalized spacial score (nSPS) is 14.5. The standard InChI is InChI=1S/C23H25N7O2/c1-32-22-20-16(15-7-8-17-18(12-15)25-10-9-24-17)13-26-21(20)27-23(28-22)30-29-19(31)11-14-5-3-2-4-6-14/h7-10,12-14H,2-6,11H2,1H3,(H,29,31)(H2,26,27,28,30). The number of H-pyrrole nitrogens is 1. The van der Waals surface area contributed by atoms with Gasteiger partial charge in [0.2, 0.25) is 17.7 Å². The van der Waals surface area contributed by atoms with Crippen LogP contribution >= 0.6 is 0 Å². The Bertz CT molecular complexity index is 1260. The molecule has 0 unspecified atom stereocenters. The van der Waals surface area contributed by atoms with Gasteiger partial charge in [0.15, 0.2) is 0 Å². The zero-order valence-corrected chi connectivity index (χ0v) is 17.9. The summed E-state index contributed by atoms with van der Waals surface area (Å²) in [7, 11) is 1.57. The Morgan fingerprint density at radius 2 is 1.94 bits per heavy atom. The maximum atomic E-state index is 12.3. The van der Waals surface area contributed by atoms with Crippen LogP contribution in [0.4, 0.5) is 5.95 Å². The Balaban J connectivity index is 1.38. The molecular formula is C23H25N7O2. The minimum Gasteiger partial charge on any atom is -0.480 e. The van der Waals surface area contributed by atoms with Gasteiger partial charge in [-0.15, -0.1) is 0 Å². The van der Waals surface area contributed by atoms with Gasteiger partial charge in [0, 0.05) is 30.6 Å². The maximum Gasteiger partial charge on any atom is 0.247 e. The average molecular weight is 432 g/mol. The van der Waals surface area contributed by atoms with Crippen molar-refractivity contribution in [2.45, 2.75) is 38.5 Å². The van der Waals surface area contributed by atoms with Crippen LogP contribution in [0, 0.1) is 5.92 Å². The second-order valence-electron chi connectivity index (χ2n) is 8.12. The molecule has 0 spiro atoms. The highest BCUT2D eigenvalue weighted by atomic mass is 16.5. The number of amides is 1. The zero-order chi connectivity index (χ0) is 21.9. The van der Waals surface area contributed by atoms with Gasteiger partial charge in [0.25, 0.3) is 0 Å². The minimum atomic E-state index is -0.0518.